The van der Waals surface area contributed by atoms with Gasteiger partial charge in [-0.15, -0.1) is 0 Å². The van der Waals surface area contributed by atoms with Crippen molar-refractivity contribution in [1.82, 2.24) is 0 Å². The third-order valence-electron chi connectivity index (χ3n) is 1.94. The molecule has 15 heavy (non-hydrogen) atoms. The molecule has 0 fully saturated rings. The van der Waals surface area contributed by atoms with Crippen LogP contribution in [0, 0.1) is 21.8 Å². The maximum Gasteiger partial charge on any atom is 0.340 e. The van der Waals surface area contributed by atoms with E-state index in [4.69, 9.17) is 10.00 Å². The second kappa shape index (κ2) is 5.12. The maximum absolute atomic E-state index is 11.6. The van der Waals surface area contributed by atoms with E-state index in [1.807, 2.05) is 19.1 Å². The van der Waals surface area contributed by atoms with Gasteiger partial charge in [-0.3, -0.25) is 0 Å². The monoisotopic (exact) mass is 315 g/mol. The van der Waals surface area contributed by atoms with E-state index in [0.29, 0.717) is 17.7 Å². The summed E-state index contributed by atoms with van der Waals surface area (Å²) in [5, 5.41) is 8.89. The van der Waals surface area contributed by atoms with Gasteiger partial charge >= 0.3 is 5.97 Å². The largest absolute Gasteiger partial charge is 0.462 e. The summed E-state index contributed by atoms with van der Waals surface area (Å²) in [6, 6.07) is 5.46. The number of carbonyl (C=O) groups excluding carboxylic acids is 1. The molecule has 0 heterocycles. The van der Waals surface area contributed by atoms with E-state index in [0.717, 1.165) is 9.13 Å². The fourth-order valence-electron chi connectivity index (χ4n) is 1.18. The van der Waals surface area contributed by atoms with Crippen LogP contribution < -0.4 is 0 Å². The minimum atomic E-state index is -0.429. The highest BCUT2D eigenvalue weighted by molar-refractivity contribution is 14.1. The van der Waals surface area contributed by atoms with Crippen molar-refractivity contribution in [3.8, 4) is 6.07 Å². The molecule has 4 heteroatoms. The zero-order chi connectivity index (χ0) is 11.4. The van der Waals surface area contributed by atoms with E-state index in [-0.39, 0.29) is 0 Å². The van der Waals surface area contributed by atoms with Crippen molar-refractivity contribution in [2.45, 2.75) is 13.8 Å². The number of carbonyl (C=O) groups is 1. The average Bonchev–Trinajstić information content (AvgIpc) is 2.22. The third kappa shape index (κ3) is 2.48. The first-order chi connectivity index (χ1) is 7.11. The van der Waals surface area contributed by atoms with E-state index >= 15 is 0 Å². The van der Waals surface area contributed by atoms with Gasteiger partial charge in [-0.25, -0.2) is 4.79 Å². The van der Waals surface area contributed by atoms with Crippen LogP contribution in [0.2, 0.25) is 0 Å². The van der Waals surface area contributed by atoms with E-state index < -0.39 is 5.97 Å². The topological polar surface area (TPSA) is 50.1 Å². The first kappa shape index (κ1) is 12.0. The molecule has 0 aromatic heterocycles. The van der Waals surface area contributed by atoms with Crippen LogP contribution in [0.1, 0.15) is 28.4 Å². The SMILES string of the molecule is CCOC(=O)c1c(C#N)ccc(C)c1I. The molecule has 0 spiro atoms. The fourth-order valence-corrected chi connectivity index (χ4v) is 1.87. The van der Waals surface area contributed by atoms with Gasteiger partial charge < -0.3 is 4.74 Å². The summed E-state index contributed by atoms with van der Waals surface area (Å²) >= 11 is 2.06. The predicted molar refractivity (Wildman–Crippen MR) is 64.6 cm³/mol. The number of nitriles is 1. The Balaban J connectivity index is 3.31. The molecule has 1 aromatic carbocycles. The van der Waals surface area contributed by atoms with Crippen LogP contribution in [0.15, 0.2) is 12.1 Å². The number of benzene rings is 1. The number of halogens is 1. The normalized spacial score (nSPS) is 9.47. The van der Waals surface area contributed by atoms with Crippen LogP contribution in [0.25, 0.3) is 0 Å². The number of nitrogens with zero attached hydrogens (tertiary/aromatic N) is 1. The molecule has 1 aromatic rings. The van der Waals surface area contributed by atoms with Gasteiger partial charge in [0, 0.05) is 3.57 Å². The van der Waals surface area contributed by atoms with Crippen molar-refractivity contribution < 1.29 is 9.53 Å². The van der Waals surface area contributed by atoms with Gasteiger partial charge in [-0.05, 0) is 48.1 Å². The second-order valence-corrected chi connectivity index (χ2v) is 4.03. The van der Waals surface area contributed by atoms with E-state index in [9.17, 15) is 4.79 Å². The number of rotatable bonds is 2. The Labute approximate surface area is 102 Å². The molecule has 0 unspecified atom stereocenters. The van der Waals surface area contributed by atoms with E-state index in [1.165, 1.54) is 0 Å². The Morgan fingerprint density at radius 3 is 2.80 bits per heavy atom. The molecule has 0 bridgehead atoms. The summed E-state index contributed by atoms with van der Waals surface area (Å²) in [7, 11) is 0. The Morgan fingerprint density at radius 2 is 2.27 bits per heavy atom. The molecule has 0 saturated heterocycles. The summed E-state index contributed by atoms with van der Waals surface area (Å²) in [6.45, 7) is 3.95. The lowest BCUT2D eigenvalue weighted by Crippen LogP contribution is -2.10. The van der Waals surface area contributed by atoms with Gasteiger partial charge in [0.05, 0.1) is 17.7 Å². The lowest BCUT2D eigenvalue weighted by Gasteiger charge is -2.08. The highest BCUT2D eigenvalue weighted by Gasteiger charge is 2.17. The van der Waals surface area contributed by atoms with Gasteiger partial charge in [0.15, 0.2) is 0 Å². The molecule has 1 rings (SSSR count). The van der Waals surface area contributed by atoms with Gasteiger partial charge in [0.25, 0.3) is 0 Å². The minimum Gasteiger partial charge on any atom is -0.462 e. The third-order valence-corrected chi connectivity index (χ3v) is 3.33. The minimum absolute atomic E-state index is 0.313. The van der Waals surface area contributed by atoms with Gasteiger partial charge in [0.1, 0.15) is 6.07 Å². The molecule has 0 aliphatic rings. The lowest BCUT2D eigenvalue weighted by molar-refractivity contribution is 0.0524. The Kier molecular flexibility index (Phi) is 4.09. The summed E-state index contributed by atoms with van der Waals surface area (Å²) < 4.78 is 5.69. The van der Waals surface area contributed by atoms with E-state index in [1.54, 1.807) is 13.0 Å². The van der Waals surface area contributed by atoms with Crippen LogP contribution in [0.4, 0.5) is 0 Å². The van der Waals surface area contributed by atoms with Crippen LogP contribution >= 0.6 is 22.6 Å². The molecule has 3 nitrogen and oxygen atoms in total. The molecule has 0 N–H and O–H groups in total. The Hall–Kier alpha value is -1.09. The standard InChI is InChI=1S/C11H10INO2/c1-3-15-11(14)9-8(6-13)5-4-7(2)10(9)12/h4-5H,3H2,1-2H3. The highest BCUT2D eigenvalue weighted by atomic mass is 127. The van der Waals surface area contributed by atoms with Crippen molar-refractivity contribution in [2.75, 3.05) is 6.61 Å². The molecule has 0 aliphatic heterocycles. The van der Waals surface area contributed by atoms with Gasteiger partial charge in [-0.2, -0.15) is 5.26 Å². The Morgan fingerprint density at radius 1 is 1.60 bits per heavy atom. The Bertz CT molecular complexity index is 435. The van der Waals surface area contributed by atoms with Crippen molar-refractivity contribution in [1.29, 1.82) is 5.26 Å². The summed E-state index contributed by atoms with van der Waals surface area (Å²) in [6.07, 6.45) is 0. The number of hydrogen-bond acceptors (Lipinski definition) is 3. The lowest BCUT2D eigenvalue weighted by atomic mass is 10.1. The summed E-state index contributed by atoms with van der Waals surface area (Å²) in [5.74, 6) is -0.429. The smallest absolute Gasteiger partial charge is 0.340 e. The number of hydrogen-bond donors (Lipinski definition) is 0. The zero-order valence-corrected chi connectivity index (χ0v) is 10.7. The summed E-state index contributed by atoms with van der Waals surface area (Å²) in [4.78, 5) is 11.6. The van der Waals surface area contributed by atoms with Gasteiger partial charge in [-0.1, -0.05) is 6.07 Å². The van der Waals surface area contributed by atoms with Crippen molar-refractivity contribution in [3.63, 3.8) is 0 Å². The average molecular weight is 315 g/mol. The highest BCUT2D eigenvalue weighted by Crippen LogP contribution is 2.21. The predicted octanol–water partition coefficient (Wildman–Crippen LogP) is 2.65. The van der Waals surface area contributed by atoms with Crippen molar-refractivity contribution in [2.24, 2.45) is 0 Å². The van der Waals surface area contributed by atoms with Crippen molar-refractivity contribution in [3.05, 3.63) is 32.4 Å². The number of ether oxygens (including phenoxy) is 1. The zero-order valence-electron chi connectivity index (χ0n) is 8.50. The molecule has 0 radical (unpaired) electrons. The molecule has 0 atom stereocenters. The van der Waals surface area contributed by atoms with E-state index in [2.05, 4.69) is 22.6 Å². The first-order valence-electron chi connectivity index (χ1n) is 4.48. The maximum atomic E-state index is 11.6. The fraction of sp³-hybridized carbons (Fsp3) is 0.273. The molecule has 0 aliphatic carbocycles. The molecule has 0 saturated carbocycles. The first-order valence-corrected chi connectivity index (χ1v) is 5.56. The van der Waals surface area contributed by atoms with Crippen LogP contribution in [-0.4, -0.2) is 12.6 Å². The van der Waals surface area contributed by atoms with Crippen LogP contribution in [0.3, 0.4) is 0 Å². The van der Waals surface area contributed by atoms with Crippen LogP contribution in [-0.2, 0) is 4.74 Å². The molecule has 78 valence electrons. The molecular weight excluding hydrogens is 305 g/mol. The van der Waals surface area contributed by atoms with Crippen molar-refractivity contribution >= 4 is 28.6 Å². The quantitative estimate of drug-likeness (QED) is 0.623. The molecule has 0 amide bonds. The number of aryl methyl sites for hydroxylation is 1. The summed E-state index contributed by atoms with van der Waals surface area (Å²) in [5.41, 5.74) is 1.71. The second-order valence-electron chi connectivity index (χ2n) is 2.95. The van der Waals surface area contributed by atoms with Crippen LogP contribution in [0.5, 0.6) is 0 Å². The van der Waals surface area contributed by atoms with Gasteiger partial charge in [0.2, 0.25) is 0 Å². The molecular formula is C11H10INO2. The number of esters is 1.